The lowest BCUT2D eigenvalue weighted by molar-refractivity contribution is 0.785. The van der Waals surface area contributed by atoms with Gasteiger partial charge in [-0.25, -0.2) is 0 Å². The van der Waals surface area contributed by atoms with E-state index in [1.165, 1.54) is 27.1 Å². The summed E-state index contributed by atoms with van der Waals surface area (Å²) in [4.78, 5) is 1.43. The summed E-state index contributed by atoms with van der Waals surface area (Å²) in [7, 11) is 0. The molecule has 1 aliphatic heterocycles. The first-order chi connectivity index (χ1) is 10.9. The predicted molar refractivity (Wildman–Crippen MR) is 94.4 cm³/mol. The van der Waals surface area contributed by atoms with Crippen LogP contribution in [0.15, 0.2) is 83.8 Å². The molecule has 1 heterocycles. The highest BCUT2D eigenvalue weighted by atomic mass is 32.2. The van der Waals surface area contributed by atoms with Crippen molar-refractivity contribution in [2.75, 3.05) is 0 Å². The summed E-state index contributed by atoms with van der Waals surface area (Å²) >= 11 is 1.97. The van der Waals surface area contributed by atoms with Gasteiger partial charge in [0.2, 0.25) is 0 Å². The summed E-state index contributed by atoms with van der Waals surface area (Å²) in [5.74, 6) is 1.52. The largest absolute Gasteiger partial charge is 0.121 e. The summed E-state index contributed by atoms with van der Waals surface area (Å²) in [6.07, 6.45) is 1.06. The van der Waals surface area contributed by atoms with E-state index in [1.54, 1.807) is 0 Å². The quantitative estimate of drug-likeness (QED) is 0.588. The molecule has 0 nitrogen and oxygen atoms in total. The number of benzene rings is 3. The van der Waals surface area contributed by atoms with Crippen molar-refractivity contribution >= 4 is 11.8 Å². The molecule has 0 bridgehead atoms. The minimum atomic E-state index is 0.449. The summed E-state index contributed by atoms with van der Waals surface area (Å²) in [5, 5.41) is 0. The Morgan fingerprint density at radius 2 is 1.41 bits per heavy atom. The molecule has 4 rings (SSSR count). The van der Waals surface area contributed by atoms with Gasteiger partial charge in [0.1, 0.15) is 0 Å². The van der Waals surface area contributed by atoms with E-state index in [-0.39, 0.29) is 0 Å². The predicted octanol–water partition coefficient (Wildman–Crippen LogP) is 5.67. The average molecular weight is 302 g/mol. The minimum Gasteiger partial charge on any atom is -0.121 e. The first-order valence-corrected chi connectivity index (χ1v) is 8.74. The van der Waals surface area contributed by atoms with Gasteiger partial charge in [-0.05, 0) is 34.7 Å². The SMILES string of the molecule is c1ccc(CC2c3ccccc3CSc3ccccc32)cc1. The third kappa shape index (κ3) is 2.57. The molecule has 22 heavy (non-hydrogen) atoms. The molecule has 3 aromatic carbocycles. The Morgan fingerprint density at radius 3 is 2.27 bits per heavy atom. The van der Waals surface area contributed by atoms with Crippen LogP contribution in [0.4, 0.5) is 0 Å². The van der Waals surface area contributed by atoms with Crippen LogP contribution >= 0.6 is 11.8 Å². The Morgan fingerprint density at radius 1 is 0.727 bits per heavy atom. The van der Waals surface area contributed by atoms with Crippen molar-refractivity contribution < 1.29 is 0 Å². The zero-order valence-corrected chi connectivity index (χ0v) is 13.2. The Labute approximate surface area is 136 Å². The fourth-order valence-electron chi connectivity index (χ4n) is 3.30. The molecular weight excluding hydrogens is 284 g/mol. The first kappa shape index (κ1) is 13.7. The topological polar surface area (TPSA) is 0 Å². The lowest BCUT2D eigenvalue weighted by atomic mass is 9.84. The van der Waals surface area contributed by atoms with Crippen molar-refractivity contribution in [3.8, 4) is 0 Å². The lowest BCUT2D eigenvalue weighted by Gasteiger charge is -2.20. The van der Waals surface area contributed by atoms with Gasteiger partial charge in [0.25, 0.3) is 0 Å². The van der Waals surface area contributed by atoms with E-state index in [9.17, 15) is 0 Å². The van der Waals surface area contributed by atoms with Gasteiger partial charge in [-0.15, -0.1) is 11.8 Å². The van der Waals surface area contributed by atoms with Crippen molar-refractivity contribution in [2.24, 2.45) is 0 Å². The van der Waals surface area contributed by atoms with Crippen LogP contribution in [0.2, 0.25) is 0 Å². The average Bonchev–Trinajstić information content (AvgIpc) is 2.74. The monoisotopic (exact) mass is 302 g/mol. The standard InChI is InChI=1S/C21H18S/c1-2-8-16(9-3-1)14-20-18-11-5-4-10-17(18)15-22-21-13-7-6-12-19(20)21/h1-13,20H,14-15H2. The fourth-order valence-corrected chi connectivity index (χ4v) is 4.42. The molecule has 0 aromatic heterocycles. The Balaban J connectivity index is 1.84. The second-order valence-corrected chi connectivity index (χ2v) is 6.78. The molecule has 0 aliphatic carbocycles. The Bertz CT molecular complexity index is 729. The van der Waals surface area contributed by atoms with Crippen molar-refractivity contribution in [1.29, 1.82) is 0 Å². The van der Waals surface area contributed by atoms with E-state index in [2.05, 4.69) is 78.9 Å². The molecule has 3 aromatic rings. The van der Waals surface area contributed by atoms with Crippen molar-refractivity contribution in [3.05, 3.63) is 101 Å². The van der Waals surface area contributed by atoms with E-state index in [4.69, 9.17) is 0 Å². The maximum absolute atomic E-state index is 2.31. The summed E-state index contributed by atoms with van der Waals surface area (Å²) in [6.45, 7) is 0. The van der Waals surface area contributed by atoms with Crippen LogP contribution in [0.5, 0.6) is 0 Å². The molecule has 1 atom stereocenters. The van der Waals surface area contributed by atoms with Crippen molar-refractivity contribution in [3.63, 3.8) is 0 Å². The van der Waals surface area contributed by atoms with Crippen LogP contribution in [0.25, 0.3) is 0 Å². The Kier molecular flexibility index (Phi) is 3.74. The molecule has 1 unspecified atom stereocenters. The minimum absolute atomic E-state index is 0.449. The van der Waals surface area contributed by atoms with E-state index in [1.807, 2.05) is 11.8 Å². The summed E-state index contributed by atoms with van der Waals surface area (Å²) in [6, 6.07) is 28.7. The molecule has 0 fully saturated rings. The molecule has 0 saturated carbocycles. The maximum atomic E-state index is 2.31. The molecule has 0 spiro atoms. The second kappa shape index (κ2) is 6.02. The van der Waals surface area contributed by atoms with Crippen LogP contribution in [-0.2, 0) is 12.2 Å². The van der Waals surface area contributed by atoms with Crippen LogP contribution in [0, 0.1) is 0 Å². The second-order valence-electron chi connectivity index (χ2n) is 5.77. The molecule has 1 aliphatic rings. The van der Waals surface area contributed by atoms with E-state index >= 15 is 0 Å². The number of hydrogen-bond donors (Lipinski definition) is 0. The molecule has 0 saturated heterocycles. The first-order valence-electron chi connectivity index (χ1n) is 7.75. The summed E-state index contributed by atoms with van der Waals surface area (Å²) < 4.78 is 0. The highest BCUT2D eigenvalue weighted by Gasteiger charge is 2.23. The lowest BCUT2D eigenvalue weighted by Crippen LogP contribution is -2.07. The third-order valence-corrected chi connectivity index (χ3v) is 5.53. The van der Waals surface area contributed by atoms with Crippen LogP contribution in [0.1, 0.15) is 28.2 Å². The van der Waals surface area contributed by atoms with Gasteiger partial charge >= 0.3 is 0 Å². The van der Waals surface area contributed by atoms with Crippen LogP contribution < -0.4 is 0 Å². The van der Waals surface area contributed by atoms with Gasteiger partial charge in [-0.2, -0.15) is 0 Å². The highest BCUT2D eigenvalue weighted by Crippen LogP contribution is 2.41. The highest BCUT2D eigenvalue weighted by molar-refractivity contribution is 7.98. The van der Waals surface area contributed by atoms with E-state index < -0.39 is 0 Å². The van der Waals surface area contributed by atoms with E-state index in [0.29, 0.717) is 5.92 Å². The van der Waals surface area contributed by atoms with Crippen LogP contribution in [-0.4, -0.2) is 0 Å². The van der Waals surface area contributed by atoms with Gasteiger partial charge in [0.15, 0.2) is 0 Å². The van der Waals surface area contributed by atoms with E-state index in [0.717, 1.165) is 12.2 Å². The number of hydrogen-bond acceptors (Lipinski definition) is 1. The van der Waals surface area contributed by atoms with Gasteiger partial charge < -0.3 is 0 Å². The Hall–Kier alpha value is -1.99. The zero-order chi connectivity index (χ0) is 14.8. The summed E-state index contributed by atoms with van der Waals surface area (Å²) in [5.41, 5.74) is 5.85. The maximum Gasteiger partial charge on any atom is 0.0235 e. The number of fused-ring (bicyclic) bond motifs is 2. The third-order valence-electron chi connectivity index (χ3n) is 4.39. The molecule has 108 valence electrons. The van der Waals surface area contributed by atoms with Gasteiger partial charge in [-0.1, -0.05) is 72.8 Å². The van der Waals surface area contributed by atoms with Gasteiger partial charge in [0.05, 0.1) is 0 Å². The molecule has 1 heteroatoms. The van der Waals surface area contributed by atoms with Gasteiger partial charge in [-0.3, -0.25) is 0 Å². The molecular formula is C21H18S. The normalized spacial score (nSPS) is 16.5. The van der Waals surface area contributed by atoms with Crippen molar-refractivity contribution in [2.45, 2.75) is 23.0 Å². The van der Waals surface area contributed by atoms with Crippen molar-refractivity contribution in [1.82, 2.24) is 0 Å². The fraction of sp³-hybridized carbons (Fsp3) is 0.143. The molecule has 0 amide bonds. The van der Waals surface area contributed by atoms with Crippen LogP contribution in [0.3, 0.4) is 0 Å². The van der Waals surface area contributed by atoms with Gasteiger partial charge in [0, 0.05) is 16.6 Å². The number of thioether (sulfide) groups is 1. The molecule has 0 N–H and O–H groups in total. The smallest absolute Gasteiger partial charge is 0.0235 e. The molecule has 0 radical (unpaired) electrons. The number of rotatable bonds is 2. The zero-order valence-electron chi connectivity index (χ0n) is 12.4.